The molecule has 2 aliphatic rings. The number of likely N-dealkylation sites (tertiary alicyclic amines) is 1. The van der Waals surface area contributed by atoms with E-state index >= 15 is 0 Å². The molecule has 2 rings (SSSR count). The fraction of sp³-hybridized carbons (Fsp3) is 0.846. The summed E-state index contributed by atoms with van der Waals surface area (Å²) >= 11 is 0. The van der Waals surface area contributed by atoms with Crippen molar-refractivity contribution < 1.29 is 14.7 Å². The van der Waals surface area contributed by atoms with Crippen LogP contribution < -0.4 is 5.32 Å². The van der Waals surface area contributed by atoms with E-state index in [1.54, 1.807) is 0 Å². The summed E-state index contributed by atoms with van der Waals surface area (Å²) in [6, 6.07) is -0.846. The van der Waals surface area contributed by atoms with E-state index in [2.05, 4.69) is 12.2 Å². The molecule has 1 saturated heterocycles. The lowest BCUT2D eigenvalue weighted by atomic mass is 9.83. The molecule has 2 N–H and O–H groups in total. The van der Waals surface area contributed by atoms with Crippen LogP contribution in [-0.4, -0.2) is 40.1 Å². The molecule has 1 heterocycles. The Morgan fingerprint density at radius 3 is 2.50 bits per heavy atom. The van der Waals surface area contributed by atoms with E-state index in [1.165, 1.54) is 11.3 Å². The quantitative estimate of drug-likeness (QED) is 0.791. The molecule has 0 aromatic heterocycles. The van der Waals surface area contributed by atoms with Gasteiger partial charge in [-0.05, 0) is 32.6 Å². The maximum atomic E-state index is 12.2. The molecule has 2 fully saturated rings. The molecule has 0 radical (unpaired) electrons. The molecule has 1 atom stereocenters. The van der Waals surface area contributed by atoms with Crippen molar-refractivity contribution in [2.75, 3.05) is 6.54 Å². The number of aliphatic carboxylic acids is 1. The molecule has 1 aliphatic heterocycles. The number of carboxylic acids is 1. The van der Waals surface area contributed by atoms with Crippen molar-refractivity contribution in [3.8, 4) is 0 Å². The van der Waals surface area contributed by atoms with Crippen molar-refractivity contribution in [1.29, 1.82) is 0 Å². The summed E-state index contributed by atoms with van der Waals surface area (Å²) in [4.78, 5) is 24.7. The lowest BCUT2D eigenvalue weighted by Crippen LogP contribution is -2.54. The van der Waals surface area contributed by atoms with Gasteiger partial charge in [0.25, 0.3) is 0 Å². The Hall–Kier alpha value is -1.26. The fourth-order valence-corrected chi connectivity index (χ4v) is 3.05. The van der Waals surface area contributed by atoms with Crippen LogP contribution in [0.25, 0.3) is 0 Å². The minimum absolute atomic E-state index is 0.152. The average molecular weight is 254 g/mol. The highest BCUT2D eigenvalue weighted by molar-refractivity contribution is 5.83. The van der Waals surface area contributed by atoms with E-state index in [0.29, 0.717) is 13.0 Å². The average Bonchev–Trinajstić information content (AvgIpc) is 2.78. The third-order valence-electron chi connectivity index (χ3n) is 4.16. The number of nitrogens with zero attached hydrogens (tertiary/aromatic N) is 1. The van der Waals surface area contributed by atoms with Gasteiger partial charge in [0.2, 0.25) is 0 Å². The van der Waals surface area contributed by atoms with Gasteiger partial charge in [0.15, 0.2) is 0 Å². The number of nitrogens with one attached hydrogen (secondary N) is 1. The van der Waals surface area contributed by atoms with Crippen LogP contribution >= 0.6 is 0 Å². The van der Waals surface area contributed by atoms with Crippen molar-refractivity contribution in [2.45, 2.75) is 63.5 Å². The molecule has 0 aromatic carbocycles. The van der Waals surface area contributed by atoms with Crippen molar-refractivity contribution in [3.63, 3.8) is 0 Å². The number of carbonyl (C=O) groups excluding carboxylic acids is 1. The second-order valence-electron chi connectivity index (χ2n) is 5.74. The predicted molar refractivity (Wildman–Crippen MR) is 67.4 cm³/mol. The first-order valence-electron chi connectivity index (χ1n) is 6.83. The lowest BCUT2D eigenvalue weighted by Gasteiger charge is -2.36. The van der Waals surface area contributed by atoms with Gasteiger partial charge in [0.1, 0.15) is 6.04 Å². The molecular weight excluding hydrogens is 232 g/mol. The van der Waals surface area contributed by atoms with Gasteiger partial charge in [0.05, 0.1) is 0 Å². The summed E-state index contributed by atoms with van der Waals surface area (Å²) in [7, 11) is 0. The summed E-state index contributed by atoms with van der Waals surface area (Å²) in [5, 5.41) is 12.1. The predicted octanol–water partition coefficient (Wildman–Crippen LogP) is 1.97. The number of hydrogen-bond acceptors (Lipinski definition) is 2. The van der Waals surface area contributed by atoms with Crippen molar-refractivity contribution in [3.05, 3.63) is 0 Å². The van der Waals surface area contributed by atoms with E-state index in [1.807, 2.05) is 0 Å². The monoisotopic (exact) mass is 254 g/mol. The molecule has 0 aromatic rings. The van der Waals surface area contributed by atoms with E-state index in [0.717, 1.165) is 32.1 Å². The van der Waals surface area contributed by atoms with Crippen LogP contribution in [0.4, 0.5) is 4.79 Å². The van der Waals surface area contributed by atoms with Gasteiger partial charge in [-0.15, -0.1) is 0 Å². The largest absolute Gasteiger partial charge is 0.480 e. The topological polar surface area (TPSA) is 69.6 Å². The molecule has 18 heavy (non-hydrogen) atoms. The summed E-state index contributed by atoms with van der Waals surface area (Å²) in [5.74, 6) is -0.892. The lowest BCUT2D eigenvalue weighted by molar-refractivity contribution is -0.141. The van der Waals surface area contributed by atoms with E-state index in [9.17, 15) is 9.59 Å². The Morgan fingerprint density at radius 2 is 1.89 bits per heavy atom. The molecule has 1 saturated carbocycles. The molecule has 2 amide bonds. The Morgan fingerprint density at radius 1 is 1.22 bits per heavy atom. The first kappa shape index (κ1) is 13.2. The minimum atomic E-state index is -0.892. The van der Waals surface area contributed by atoms with Crippen LogP contribution in [0, 0.1) is 0 Å². The van der Waals surface area contributed by atoms with Crippen LogP contribution in [0.15, 0.2) is 0 Å². The van der Waals surface area contributed by atoms with Crippen LogP contribution in [0.3, 0.4) is 0 Å². The summed E-state index contributed by atoms with van der Waals surface area (Å²) in [6.45, 7) is 2.62. The van der Waals surface area contributed by atoms with Crippen LogP contribution in [0.1, 0.15) is 51.9 Å². The van der Waals surface area contributed by atoms with Gasteiger partial charge in [0, 0.05) is 12.1 Å². The van der Waals surface area contributed by atoms with Crippen LogP contribution in [0.5, 0.6) is 0 Å². The molecule has 5 nitrogen and oxygen atoms in total. The van der Waals surface area contributed by atoms with E-state index < -0.39 is 12.0 Å². The molecule has 0 bridgehead atoms. The highest BCUT2D eigenvalue weighted by atomic mass is 16.4. The van der Waals surface area contributed by atoms with Crippen molar-refractivity contribution in [1.82, 2.24) is 10.2 Å². The summed E-state index contributed by atoms with van der Waals surface area (Å²) < 4.78 is 0. The first-order chi connectivity index (χ1) is 8.52. The number of urea groups is 1. The van der Waals surface area contributed by atoms with Gasteiger partial charge in [-0.3, -0.25) is 0 Å². The molecular formula is C13H22N2O3. The zero-order chi connectivity index (χ0) is 13.2. The maximum Gasteiger partial charge on any atom is 0.326 e. The Balaban J connectivity index is 1.96. The number of amides is 2. The van der Waals surface area contributed by atoms with Gasteiger partial charge < -0.3 is 15.3 Å². The van der Waals surface area contributed by atoms with E-state index in [4.69, 9.17) is 5.11 Å². The Bertz CT molecular complexity index is 337. The minimum Gasteiger partial charge on any atom is -0.480 e. The molecule has 102 valence electrons. The summed E-state index contributed by atoms with van der Waals surface area (Å²) in [6.07, 6.45) is 6.83. The first-order valence-corrected chi connectivity index (χ1v) is 6.83. The third kappa shape index (κ3) is 2.76. The molecule has 0 spiro atoms. The van der Waals surface area contributed by atoms with Crippen molar-refractivity contribution >= 4 is 12.0 Å². The zero-order valence-electron chi connectivity index (χ0n) is 10.9. The van der Waals surface area contributed by atoms with Gasteiger partial charge in [-0.25, -0.2) is 9.59 Å². The van der Waals surface area contributed by atoms with Crippen molar-refractivity contribution in [2.24, 2.45) is 0 Å². The molecule has 0 unspecified atom stereocenters. The fourth-order valence-electron chi connectivity index (χ4n) is 3.05. The number of carbonyl (C=O) groups is 2. The second kappa shape index (κ2) is 5.16. The van der Waals surface area contributed by atoms with E-state index in [-0.39, 0.29) is 11.6 Å². The smallest absolute Gasteiger partial charge is 0.326 e. The SMILES string of the molecule is CC1(NC(=O)N2CCC[C@H]2C(=O)O)CCCCC1. The normalized spacial score (nSPS) is 26.9. The summed E-state index contributed by atoms with van der Waals surface area (Å²) in [5.41, 5.74) is -0.152. The third-order valence-corrected chi connectivity index (χ3v) is 4.16. The highest BCUT2D eigenvalue weighted by Crippen LogP contribution is 2.28. The molecule has 5 heteroatoms. The van der Waals surface area contributed by atoms with Gasteiger partial charge in [-0.1, -0.05) is 19.3 Å². The number of hydrogen-bond donors (Lipinski definition) is 2. The van der Waals surface area contributed by atoms with Crippen LogP contribution in [0.2, 0.25) is 0 Å². The second-order valence-corrected chi connectivity index (χ2v) is 5.74. The molecule has 1 aliphatic carbocycles. The van der Waals surface area contributed by atoms with Gasteiger partial charge in [-0.2, -0.15) is 0 Å². The zero-order valence-corrected chi connectivity index (χ0v) is 10.9. The van der Waals surface area contributed by atoms with Gasteiger partial charge >= 0.3 is 12.0 Å². The maximum absolute atomic E-state index is 12.2. The standard InChI is InChI=1S/C13H22N2O3/c1-13(7-3-2-4-8-13)14-12(18)15-9-5-6-10(15)11(16)17/h10H,2-9H2,1H3,(H,14,18)(H,16,17)/t10-/m0/s1. The Kier molecular flexibility index (Phi) is 3.78. The Labute approximate surface area is 108 Å². The van der Waals surface area contributed by atoms with Crippen LogP contribution in [-0.2, 0) is 4.79 Å². The number of rotatable bonds is 2. The number of carboxylic acid groups (broad SMARTS) is 1. The highest BCUT2D eigenvalue weighted by Gasteiger charge is 2.37.